The van der Waals surface area contributed by atoms with Gasteiger partial charge in [0.1, 0.15) is 0 Å². The largest absolute Gasteiger partial charge is 0.323 e. The van der Waals surface area contributed by atoms with Crippen LogP contribution in [0.25, 0.3) is 0 Å². The molecule has 0 amide bonds. The van der Waals surface area contributed by atoms with Gasteiger partial charge >= 0.3 is 10.1 Å². The molecule has 5 nitrogen and oxygen atoms in total. The highest BCUT2D eigenvalue weighted by molar-refractivity contribution is 7.85. The van der Waals surface area contributed by atoms with Crippen molar-refractivity contribution >= 4 is 10.1 Å². The van der Waals surface area contributed by atoms with Crippen LogP contribution >= 0.6 is 0 Å². The van der Waals surface area contributed by atoms with Gasteiger partial charge in [-0.1, -0.05) is 0 Å². The first kappa shape index (κ1) is 7.23. The first-order chi connectivity index (χ1) is 4.52. The molecule has 0 saturated carbocycles. The lowest BCUT2D eigenvalue weighted by Gasteiger charge is -1.94. The smallest absolute Gasteiger partial charge is 0.311 e. The number of imidazole rings is 1. The average molecular weight is 162 g/mol. The van der Waals surface area contributed by atoms with E-state index < -0.39 is 10.1 Å². The molecule has 0 fully saturated rings. The Bertz CT molecular complexity index is 326. The van der Waals surface area contributed by atoms with Crippen LogP contribution < -0.4 is 0 Å². The molecule has 0 aromatic carbocycles. The van der Waals surface area contributed by atoms with E-state index in [2.05, 4.69) is 4.98 Å². The number of hydrogen-bond donors (Lipinski definition) is 1. The molecule has 6 heteroatoms. The SMILES string of the molecule is Cn1cncc1S(=O)(=O)O. The summed E-state index contributed by atoms with van der Waals surface area (Å²) in [4.78, 5) is 3.51. The van der Waals surface area contributed by atoms with Crippen molar-refractivity contribution in [2.75, 3.05) is 0 Å². The topological polar surface area (TPSA) is 72.2 Å². The van der Waals surface area contributed by atoms with E-state index in [-0.39, 0.29) is 5.03 Å². The Labute approximate surface area is 58.1 Å². The van der Waals surface area contributed by atoms with Crippen LogP contribution in [0.4, 0.5) is 0 Å². The van der Waals surface area contributed by atoms with Crippen LogP contribution in [-0.4, -0.2) is 22.5 Å². The molecule has 0 unspecified atom stereocenters. The Balaban J connectivity index is 3.32. The first-order valence-corrected chi connectivity index (χ1v) is 3.89. The lowest BCUT2D eigenvalue weighted by atomic mass is 10.9. The van der Waals surface area contributed by atoms with Crippen molar-refractivity contribution in [3.63, 3.8) is 0 Å². The first-order valence-electron chi connectivity index (χ1n) is 2.45. The molecule has 56 valence electrons. The molecule has 1 rings (SSSR count). The van der Waals surface area contributed by atoms with Gasteiger partial charge in [0.2, 0.25) is 0 Å². The van der Waals surface area contributed by atoms with Crippen molar-refractivity contribution in [2.45, 2.75) is 5.03 Å². The maximum Gasteiger partial charge on any atom is 0.311 e. The van der Waals surface area contributed by atoms with E-state index in [1.807, 2.05) is 0 Å². The van der Waals surface area contributed by atoms with Gasteiger partial charge in [-0.25, -0.2) is 4.98 Å². The van der Waals surface area contributed by atoms with Crippen molar-refractivity contribution in [3.8, 4) is 0 Å². The molecule has 0 atom stereocenters. The number of nitrogens with zero attached hydrogens (tertiary/aromatic N) is 2. The van der Waals surface area contributed by atoms with Crippen LogP contribution in [-0.2, 0) is 17.2 Å². The second-order valence-corrected chi connectivity index (χ2v) is 3.19. The standard InChI is InChI=1S/C4H6N2O3S/c1-6-3-5-2-4(6)10(7,8)9/h2-3H,1H3,(H,7,8,9). The predicted molar refractivity (Wildman–Crippen MR) is 33.0 cm³/mol. The Hall–Kier alpha value is -0.880. The van der Waals surface area contributed by atoms with Gasteiger partial charge in [-0.05, 0) is 0 Å². The highest BCUT2D eigenvalue weighted by atomic mass is 32.2. The molecule has 0 aliphatic heterocycles. The average Bonchev–Trinajstić information content (AvgIpc) is 2.11. The van der Waals surface area contributed by atoms with Gasteiger partial charge in [0.05, 0.1) is 12.5 Å². The molecule has 0 radical (unpaired) electrons. The highest BCUT2D eigenvalue weighted by Crippen LogP contribution is 2.03. The van der Waals surface area contributed by atoms with Gasteiger partial charge in [0.25, 0.3) is 0 Å². The number of rotatable bonds is 1. The molecular formula is C4H6N2O3S. The molecule has 0 aliphatic rings. The van der Waals surface area contributed by atoms with E-state index >= 15 is 0 Å². The quantitative estimate of drug-likeness (QED) is 0.574. The molecule has 1 aromatic heterocycles. The third-order valence-corrected chi connectivity index (χ3v) is 1.96. The van der Waals surface area contributed by atoms with Crippen LogP contribution in [0.2, 0.25) is 0 Å². The van der Waals surface area contributed by atoms with E-state index in [1.54, 1.807) is 0 Å². The van der Waals surface area contributed by atoms with E-state index in [0.717, 1.165) is 6.20 Å². The summed E-state index contributed by atoms with van der Waals surface area (Å²) >= 11 is 0. The number of hydrogen-bond acceptors (Lipinski definition) is 3. The summed E-state index contributed by atoms with van der Waals surface area (Å²) in [6.07, 6.45) is 2.37. The number of aryl methyl sites for hydroxylation is 1. The molecule has 1 heterocycles. The van der Waals surface area contributed by atoms with E-state index in [0.29, 0.717) is 0 Å². The summed E-state index contributed by atoms with van der Waals surface area (Å²) < 4.78 is 30.5. The molecular weight excluding hydrogens is 156 g/mol. The van der Waals surface area contributed by atoms with Gasteiger partial charge in [0, 0.05) is 7.05 Å². The summed E-state index contributed by atoms with van der Waals surface area (Å²) in [5, 5.41) is -0.201. The maximum absolute atomic E-state index is 10.4. The van der Waals surface area contributed by atoms with Crippen LogP contribution in [0.15, 0.2) is 17.6 Å². The van der Waals surface area contributed by atoms with E-state index in [4.69, 9.17) is 4.55 Å². The third kappa shape index (κ3) is 1.17. The second-order valence-electron chi connectivity index (χ2n) is 1.82. The zero-order valence-corrected chi connectivity index (χ0v) is 6.04. The monoisotopic (exact) mass is 162 g/mol. The molecule has 1 aromatic rings. The molecule has 1 N–H and O–H groups in total. The van der Waals surface area contributed by atoms with Crippen molar-refractivity contribution < 1.29 is 13.0 Å². The van der Waals surface area contributed by atoms with Crippen LogP contribution in [0.3, 0.4) is 0 Å². The highest BCUT2D eigenvalue weighted by Gasteiger charge is 2.12. The lowest BCUT2D eigenvalue weighted by molar-refractivity contribution is 0.474. The van der Waals surface area contributed by atoms with Crippen LogP contribution in [0.1, 0.15) is 0 Å². The molecule has 0 aliphatic carbocycles. The Morgan fingerprint density at radius 3 is 2.50 bits per heavy atom. The summed E-state index contributed by atoms with van der Waals surface area (Å²) in [6.45, 7) is 0. The fourth-order valence-electron chi connectivity index (χ4n) is 0.594. The number of aromatic nitrogens is 2. The summed E-state index contributed by atoms with van der Waals surface area (Å²) in [5.41, 5.74) is 0. The van der Waals surface area contributed by atoms with E-state index in [9.17, 15) is 8.42 Å². The third-order valence-electron chi connectivity index (χ3n) is 1.04. The van der Waals surface area contributed by atoms with Crippen LogP contribution in [0.5, 0.6) is 0 Å². The molecule has 10 heavy (non-hydrogen) atoms. The normalized spacial score (nSPS) is 11.8. The fourth-order valence-corrected chi connectivity index (χ4v) is 1.20. The molecule has 0 saturated heterocycles. The fraction of sp³-hybridized carbons (Fsp3) is 0.250. The lowest BCUT2D eigenvalue weighted by Crippen LogP contribution is -2.03. The van der Waals surface area contributed by atoms with Crippen molar-refractivity contribution in [1.29, 1.82) is 0 Å². The van der Waals surface area contributed by atoms with Crippen molar-refractivity contribution in [1.82, 2.24) is 9.55 Å². The molecule has 0 spiro atoms. The Kier molecular flexibility index (Phi) is 1.49. The van der Waals surface area contributed by atoms with Crippen LogP contribution in [0, 0.1) is 0 Å². The second kappa shape index (κ2) is 2.06. The summed E-state index contributed by atoms with van der Waals surface area (Å²) in [6, 6.07) is 0. The van der Waals surface area contributed by atoms with Crippen molar-refractivity contribution in [2.24, 2.45) is 7.05 Å². The Morgan fingerprint density at radius 1 is 1.70 bits per heavy atom. The van der Waals surface area contributed by atoms with E-state index in [1.165, 1.54) is 17.9 Å². The minimum absolute atomic E-state index is 0.201. The minimum atomic E-state index is -4.09. The van der Waals surface area contributed by atoms with Gasteiger partial charge in [-0.2, -0.15) is 8.42 Å². The van der Waals surface area contributed by atoms with Crippen molar-refractivity contribution in [3.05, 3.63) is 12.5 Å². The molecule has 0 bridgehead atoms. The van der Waals surface area contributed by atoms with Gasteiger partial charge in [-0.15, -0.1) is 0 Å². The zero-order valence-electron chi connectivity index (χ0n) is 5.22. The van der Waals surface area contributed by atoms with Gasteiger partial charge in [-0.3, -0.25) is 4.55 Å². The van der Waals surface area contributed by atoms with Gasteiger partial charge in [0.15, 0.2) is 5.03 Å². The maximum atomic E-state index is 10.4. The Morgan fingerprint density at radius 2 is 2.30 bits per heavy atom. The summed E-state index contributed by atoms with van der Waals surface area (Å²) in [5.74, 6) is 0. The minimum Gasteiger partial charge on any atom is -0.323 e. The zero-order chi connectivity index (χ0) is 7.78. The summed E-state index contributed by atoms with van der Waals surface area (Å²) in [7, 11) is -2.61. The predicted octanol–water partition coefficient (Wildman–Crippen LogP) is -0.333. The van der Waals surface area contributed by atoms with Gasteiger partial charge < -0.3 is 4.57 Å².